The smallest absolute Gasteiger partial charge is 0.00187 e. The summed E-state index contributed by atoms with van der Waals surface area (Å²) in [5, 5.41) is 0. The summed E-state index contributed by atoms with van der Waals surface area (Å²) >= 11 is 0. The molecule has 0 aromatic carbocycles. The van der Waals surface area contributed by atoms with Crippen LogP contribution in [0.5, 0.6) is 0 Å². The highest BCUT2D eigenvalue weighted by Gasteiger charge is 2.05. The molecular weight excluding hydrogens is 542 g/mol. The van der Waals surface area contributed by atoms with Gasteiger partial charge >= 0.3 is 0 Å². The van der Waals surface area contributed by atoms with Crippen LogP contribution in [0.25, 0.3) is 0 Å². The summed E-state index contributed by atoms with van der Waals surface area (Å²) < 4.78 is 0. The maximum absolute atomic E-state index is 2.86. The highest BCUT2D eigenvalue weighted by Crippen LogP contribution is 2.16. The van der Waals surface area contributed by atoms with E-state index in [1.807, 2.05) is 0 Å². The van der Waals surface area contributed by atoms with Gasteiger partial charge in [-0.1, -0.05) is 245 Å². The van der Waals surface area contributed by atoms with E-state index in [0.29, 0.717) is 0 Å². The van der Waals surface area contributed by atoms with E-state index in [0.717, 1.165) is 0 Å². The molecule has 0 fully saturated rings. The Kier molecular flexibility index (Phi) is 41.9. The predicted octanol–water partition coefficient (Wildman–Crippen LogP) is 16.2. The van der Waals surface area contributed by atoms with Crippen molar-refractivity contribution in [3.8, 4) is 0 Å². The van der Waals surface area contributed by atoms with E-state index in [1.54, 1.807) is 0 Å². The van der Waals surface area contributed by atoms with Gasteiger partial charge in [0.15, 0.2) is 0 Å². The van der Waals surface area contributed by atoms with E-state index >= 15 is 0 Å². The van der Waals surface area contributed by atoms with Crippen molar-refractivity contribution in [3.63, 3.8) is 0 Å². The zero-order chi connectivity index (χ0) is 32.6. The van der Waals surface area contributed by atoms with Crippen LogP contribution < -0.4 is 0 Å². The molecule has 0 aromatic heterocycles. The van der Waals surface area contributed by atoms with Crippen LogP contribution in [0.1, 0.15) is 265 Å². The van der Waals surface area contributed by atoms with Crippen LogP contribution in [0.3, 0.4) is 0 Å². The third-order valence-electron chi connectivity index (χ3n) is 10.5. The van der Waals surface area contributed by atoms with Gasteiger partial charge in [0.05, 0.1) is 0 Å². The fourth-order valence-electron chi connectivity index (χ4n) is 7.22. The predicted molar refractivity (Wildman–Crippen MR) is 209 cm³/mol. The van der Waals surface area contributed by atoms with E-state index in [2.05, 4.69) is 25.7 Å². The summed E-state index contributed by atoms with van der Waals surface area (Å²) in [6.07, 6.45) is 55.6. The van der Waals surface area contributed by atoms with Crippen molar-refractivity contribution in [2.75, 3.05) is 19.6 Å². The molecule has 0 spiro atoms. The first-order valence-corrected chi connectivity index (χ1v) is 22.1. The maximum Gasteiger partial charge on any atom is -0.00187 e. The molecule has 0 atom stereocenters. The largest absolute Gasteiger partial charge is 0.303 e. The van der Waals surface area contributed by atoms with Crippen LogP contribution in [-0.4, -0.2) is 24.5 Å². The van der Waals surface area contributed by atoms with Gasteiger partial charge in [0.1, 0.15) is 0 Å². The second-order valence-electron chi connectivity index (χ2n) is 15.2. The average molecular weight is 634 g/mol. The molecule has 0 aromatic rings. The highest BCUT2D eigenvalue weighted by molar-refractivity contribution is 4.61. The molecule has 0 rings (SSSR count). The number of hydrogen-bond acceptors (Lipinski definition) is 1. The fourth-order valence-corrected chi connectivity index (χ4v) is 7.22. The molecule has 0 saturated heterocycles. The minimum absolute atomic E-state index is 1.37. The van der Waals surface area contributed by atoms with Crippen molar-refractivity contribution in [1.82, 2.24) is 4.90 Å². The Morgan fingerprint density at radius 3 is 0.467 bits per heavy atom. The molecule has 45 heavy (non-hydrogen) atoms. The van der Waals surface area contributed by atoms with E-state index in [-0.39, 0.29) is 0 Å². The van der Waals surface area contributed by atoms with Crippen molar-refractivity contribution >= 4 is 0 Å². The van der Waals surface area contributed by atoms with Crippen LogP contribution in [-0.2, 0) is 0 Å². The summed E-state index contributed by atoms with van der Waals surface area (Å²) in [7, 11) is 0. The van der Waals surface area contributed by atoms with Gasteiger partial charge in [0, 0.05) is 0 Å². The molecular formula is C44H91N. The van der Waals surface area contributed by atoms with Gasteiger partial charge in [-0.05, 0) is 38.9 Å². The second-order valence-corrected chi connectivity index (χ2v) is 15.2. The lowest BCUT2D eigenvalue weighted by Crippen LogP contribution is -2.27. The lowest BCUT2D eigenvalue weighted by Gasteiger charge is -2.22. The SMILES string of the molecule is CCCCCCCCCCCCCCCCCN(CCCCCCCCCC)CCCCCCCCCCCCCCCCC. The van der Waals surface area contributed by atoms with Gasteiger partial charge in [-0.15, -0.1) is 0 Å². The van der Waals surface area contributed by atoms with Gasteiger partial charge in [0.25, 0.3) is 0 Å². The molecule has 0 amide bonds. The van der Waals surface area contributed by atoms with Gasteiger partial charge < -0.3 is 4.90 Å². The zero-order valence-corrected chi connectivity index (χ0v) is 32.4. The number of hydrogen-bond donors (Lipinski definition) is 0. The number of rotatable bonds is 41. The van der Waals surface area contributed by atoms with Crippen molar-refractivity contribution in [1.29, 1.82) is 0 Å². The van der Waals surface area contributed by atoms with Gasteiger partial charge in [0.2, 0.25) is 0 Å². The van der Waals surface area contributed by atoms with Crippen molar-refractivity contribution in [2.45, 2.75) is 265 Å². The van der Waals surface area contributed by atoms with Crippen molar-refractivity contribution < 1.29 is 0 Å². The maximum atomic E-state index is 2.86. The topological polar surface area (TPSA) is 3.24 Å². The first kappa shape index (κ1) is 45.0. The van der Waals surface area contributed by atoms with E-state index in [4.69, 9.17) is 0 Å². The Hall–Kier alpha value is -0.0400. The molecule has 272 valence electrons. The molecule has 1 nitrogen and oxygen atoms in total. The molecule has 0 unspecified atom stereocenters. The fraction of sp³-hybridized carbons (Fsp3) is 1.00. The van der Waals surface area contributed by atoms with Crippen LogP contribution in [0, 0.1) is 0 Å². The molecule has 0 aliphatic heterocycles. The van der Waals surface area contributed by atoms with Gasteiger partial charge in [-0.25, -0.2) is 0 Å². The number of unbranched alkanes of at least 4 members (excludes halogenated alkanes) is 35. The minimum Gasteiger partial charge on any atom is -0.303 e. The summed E-state index contributed by atoms with van der Waals surface area (Å²) in [6, 6.07) is 0. The Morgan fingerprint density at radius 1 is 0.178 bits per heavy atom. The highest BCUT2D eigenvalue weighted by atomic mass is 15.1. The second kappa shape index (κ2) is 42.0. The Morgan fingerprint density at radius 2 is 0.311 bits per heavy atom. The lowest BCUT2D eigenvalue weighted by molar-refractivity contribution is 0.254. The summed E-state index contributed by atoms with van der Waals surface area (Å²) in [4.78, 5) is 2.86. The van der Waals surface area contributed by atoms with Crippen molar-refractivity contribution in [2.24, 2.45) is 0 Å². The minimum atomic E-state index is 1.37. The molecule has 0 aliphatic rings. The zero-order valence-electron chi connectivity index (χ0n) is 32.4. The van der Waals surface area contributed by atoms with Crippen LogP contribution in [0.15, 0.2) is 0 Å². The molecule has 1 heteroatoms. The average Bonchev–Trinajstić information content (AvgIpc) is 3.05. The van der Waals surface area contributed by atoms with Crippen LogP contribution in [0.2, 0.25) is 0 Å². The third-order valence-corrected chi connectivity index (χ3v) is 10.5. The third kappa shape index (κ3) is 40.1. The van der Waals surface area contributed by atoms with E-state index in [1.165, 1.54) is 264 Å². The van der Waals surface area contributed by atoms with E-state index < -0.39 is 0 Å². The Labute approximate surface area is 288 Å². The molecule has 0 saturated carbocycles. The molecule has 0 bridgehead atoms. The first-order valence-electron chi connectivity index (χ1n) is 22.1. The molecule has 0 N–H and O–H groups in total. The normalized spacial score (nSPS) is 11.7. The monoisotopic (exact) mass is 634 g/mol. The van der Waals surface area contributed by atoms with E-state index in [9.17, 15) is 0 Å². The van der Waals surface area contributed by atoms with Gasteiger partial charge in [-0.2, -0.15) is 0 Å². The first-order chi connectivity index (χ1) is 22.3. The Balaban J connectivity index is 3.81. The molecule has 0 radical (unpaired) electrons. The number of nitrogens with zero attached hydrogens (tertiary/aromatic N) is 1. The summed E-state index contributed by atoms with van der Waals surface area (Å²) in [5.74, 6) is 0. The van der Waals surface area contributed by atoms with Crippen LogP contribution in [0.4, 0.5) is 0 Å². The van der Waals surface area contributed by atoms with Gasteiger partial charge in [-0.3, -0.25) is 0 Å². The molecule has 0 aliphatic carbocycles. The van der Waals surface area contributed by atoms with Crippen LogP contribution >= 0.6 is 0 Å². The van der Waals surface area contributed by atoms with Crippen molar-refractivity contribution in [3.05, 3.63) is 0 Å². The Bertz CT molecular complexity index is 453. The molecule has 0 heterocycles. The standard InChI is InChI=1S/C44H91N/c1-4-7-10-13-16-19-21-23-25-27-29-31-34-37-40-43-45(42-39-36-33-18-15-12-9-6-3)44-41-38-35-32-30-28-26-24-22-20-17-14-11-8-5-2/h4-44H2,1-3H3. The summed E-state index contributed by atoms with van der Waals surface area (Å²) in [6.45, 7) is 11.1. The lowest BCUT2D eigenvalue weighted by atomic mass is 10.0. The quantitative estimate of drug-likeness (QED) is 0.0605. The summed E-state index contributed by atoms with van der Waals surface area (Å²) in [5.41, 5.74) is 0.